The molecule has 3 heteroatoms. The molecule has 0 spiro atoms. The van der Waals surface area contributed by atoms with Crippen LogP contribution >= 0.6 is 0 Å². The van der Waals surface area contributed by atoms with E-state index in [0.717, 1.165) is 32.4 Å². The molecule has 1 atom stereocenters. The van der Waals surface area contributed by atoms with E-state index in [4.69, 9.17) is 4.84 Å². The minimum Gasteiger partial charge on any atom is -0.368 e. The van der Waals surface area contributed by atoms with Gasteiger partial charge in [-0.1, -0.05) is 65.2 Å². The molecule has 0 aromatic carbocycles. The van der Waals surface area contributed by atoms with Crippen molar-refractivity contribution in [2.75, 3.05) is 13.1 Å². The van der Waals surface area contributed by atoms with Crippen molar-refractivity contribution in [2.45, 2.75) is 91.9 Å². The van der Waals surface area contributed by atoms with Gasteiger partial charge in [-0.05, 0) is 26.7 Å². The Kier molecular flexibility index (Phi) is 14.0. The van der Waals surface area contributed by atoms with Gasteiger partial charge in [-0.15, -0.1) is 5.06 Å². The molecule has 21 heavy (non-hydrogen) atoms. The van der Waals surface area contributed by atoms with E-state index >= 15 is 0 Å². The van der Waals surface area contributed by atoms with Crippen molar-refractivity contribution in [3.05, 3.63) is 0 Å². The highest BCUT2D eigenvalue weighted by atomic mass is 16.7. The quantitative estimate of drug-likeness (QED) is 0.320. The fourth-order valence-corrected chi connectivity index (χ4v) is 2.57. The first-order valence-electron chi connectivity index (χ1n) is 9.16. The highest BCUT2D eigenvalue weighted by Crippen LogP contribution is 2.17. The standard InChI is InChI=1S/C18H37NO2/c1-5-9-10-11-12-13-14-15-16-17(6-2)18(20)21-19(7-3)8-4/h17H,5-16H2,1-4H3. The molecule has 0 N–H and O–H groups in total. The second-order valence-corrected chi connectivity index (χ2v) is 5.89. The summed E-state index contributed by atoms with van der Waals surface area (Å²) in [5.41, 5.74) is 0. The third-order valence-electron chi connectivity index (χ3n) is 4.16. The number of nitrogens with zero attached hydrogens (tertiary/aromatic N) is 1. The third-order valence-corrected chi connectivity index (χ3v) is 4.16. The Hall–Kier alpha value is -0.570. The lowest BCUT2D eigenvalue weighted by molar-refractivity contribution is -0.194. The van der Waals surface area contributed by atoms with Crippen molar-refractivity contribution in [3.63, 3.8) is 0 Å². The number of hydroxylamine groups is 2. The average Bonchev–Trinajstić information content (AvgIpc) is 2.51. The van der Waals surface area contributed by atoms with Crippen molar-refractivity contribution in [3.8, 4) is 0 Å². The summed E-state index contributed by atoms with van der Waals surface area (Å²) in [4.78, 5) is 17.5. The molecule has 0 aliphatic heterocycles. The lowest BCUT2D eigenvalue weighted by Crippen LogP contribution is -2.30. The van der Waals surface area contributed by atoms with Gasteiger partial charge < -0.3 is 4.84 Å². The summed E-state index contributed by atoms with van der Waals surface area (Å²) >= 11 is 0. The Bertz CT molecular complexity index is 239. The predicted octanol–water partition coefficient (Wildman–Crippen LogP) is 5.34. The molecule has 0 aromatic heterocycles. The Balaban J connectivity index is 3.71. The van der Waals surface area contributed by atoms with Crippen LogP contribution in [-0.4, -0.2) is 24.1 Å². The smallest absolute Gasteiger partial charge is 0.328 e. The van der Waals surface area contributed by atoms with Crippen molar-refractivity contribution in [2.24, 2.45) is 5.92 Å². The van der Waals surface area contributed by atoms with Crippen molar-refractivity contribution in [1.29, 1.82) is 0 Å². The molecule has 0 aliphatic rings. The number of hydrogen-bond acceptors (Lipinski definition) is 3. The zero-order chi connectivity index (χ0) is 15.9. The van der Waals surface area contributed by atoms with E-state index in [1.54, 1.807) is 5.06 Å². The Morgan fingerprint density at radius 2 is 1.38 bits per heavy atom. The topological polar surface area (TPSA) is 29.5 Å². The molecule has 1 unspecified atom stereocenters. The molecule has 0 aliphatic carbocycles. The minimum absolute atomic E-state index is 0.0378. The number of carbonyl (C=O) groups is 1. The zero-order valence-electron chi connectivity index (χ0n) is 14.8. The highest BCUT2D eigenvalue weighted by Gasteiger charge is 2.19. The summed E-state index contributed by atoms with van der Waals surface area (Å²) in [7, 11) is 0. The van der Waals surface area contributed by atoms with Gasteiger partial charge >= 0.3 is 5.97 Å². The average molecular weight is 299 g/mol. The molecule has 0 rings (SSSR count). The summed E-state index contributed by atoms with van der Waals surface area (Å²) in [6.07, 6.45) is 12.4. The molecule has 0 fully saturated rings. The van der Waals surface area contributed by atoms with Crippen LogP contribution in [0.2, 0.25) is 0 Å². The normalized spacial score (nSPS) is 12.6. The van der Waals surface area contributed by atoms with Crippen LogP contribution in [0, 0.1) is 5.92 Å². The van der Waals surface area contributed by atoms with Crippen molar-refractivity contribution in [1.82, 2.24) is 5.06 Å². The van der Waals surface area contributed by atoms with Crippen LogP contribution in [0.3, 0.4) is 0 Å². The minimum atomic E-state index is -0.0378. The molecule has 3 nitrogen and oxygen atoms in total. The highest BCUT2D eigenvalue weighted by molar-refractivity contribution is 5.72. The van der Waals surface area contributed by atoms with E-state index in [0.29, 0.717) is 0 Å². The van der Waals surface area contributed by atoms with Crippen LogP contribution in [0.4, 0.5) is 0 Å². The predicted molar refractivity (Wildman–Crippen MR) is 90.0 cm³/mol. The van der Waals surface area contributed by atoms with Crippen LogP contribution in [0.25, 0.3) is 0 Å². The van der Waals surface area contributed by atoms with Crippen LogP contribution < -0.4 is 0 Å². The summed E-state index contributed by atoms with van der Waals surface area (Å²) in [6.45, 7) is 9.88. The van der Waals surface area contributed by atoms with Crippen LogP contribution in [0.5, 0.6) is 0 Å². The number of carbonyl (C=O) groups excluding carboxylic acids is 1. The third kappa shape index (κ3) is 10.8. The molecule has 0 bridgehead atoms. The van der Waals surface area contributed by atoms with Gasteiger partial charge in [0, 0.05) is 13.1 Å². The molecular weight excluding hydrogens is 262 g/mol. The number of rotatable bonds is 14. The lowest BCUT2D eigenvalue weighted by Gasteiger charge is -2.21. The Morgan fingerprint density at radius 1 is 0.857 bits per heavy atom. The lowest BCUT2D eigenvalue weighted by atomic mass is 9.98. The maximum absolute atomic E-state index is 12.1. The number of unbranched alkanes of at least 4 members (excludes halogenated alkanes) is 7. The Labute approximate surface area is 132 Å². The van der Waals surface area contributed by atoms with Gasteiger partial charge in [-0.25, -0.2) is 0 Å². The van der Waals surface area contributed by atoms with E-state index < -0.39 is 0 Å². The van der Waals surface area contributed by atoms with E-state index in [1.165, 1.54) is 44.9 Å². The van der Waals surface area contributed by atoms with E-state index in [1.807, 2.05) is 13.8 Å². The largest absolute Gasteiger partial charge is 0.368 e. The molecule has 0 radical (unpaired) electrons. The van der Waals surface area contributed by atoms with Gasteiger partial charge in [0.25, 0.3) is 0 Å². The fourth-order valence-electron chi connectivity index (χ4n) is 2.57. The first-order valence-corrected chi connectivity index (χ1v) is 9.16. The van der Waals surface area contributed by atoms with E-state index in [2.05, 4.69) is 13.8 Å². The van der Waals surface area contributed by atoms with Crippen molar-refractivity contribution < 1.29 is 9.63 Å². The van der Waals surface area contributed by atoms with Gasteiger partial charge in [-0.2, -0.15) is 0 Å². The summed E-state index contributed by atoms with van der Waals surface area (Å²) in [5, 5.41) is 1.73. The van der Waals surface area contributed by atoms with E-state index in [-0.39, 0.29) is 11.9 Å². The second-order valence-electron chi connectivity index (χ2n) is 5.89. The Morgan fingerprint density at radius 3 is 1.86 bits per heavy atom. The maximum Gasteiger partial charge on any atom is 0.328 e. The van der Waals surface area contributed by atoms with Gasteiger partial charge in [-0.3, -0.25) is 4.79 Å². The molecule has 0 saturated carbocycles. The first-order chi connectivity index (χ1) is 10.2. The summed E-state index contributed by atoms with van der Waals surface area (Å²) in [6, 6.07) is 0. The number of hydrogen-bond donors (Lipinski definition) is 0. The molecule has 0 saturated heterocycles. The van der Waals surface area contributed by atoms with Crippen LogP contribution in [-0.2, 0) is 9.63 Å². The SMILES string of the molecule is CCCCCCCCCCC(CC)C(=O)ON(CC)CC. The van der Waals surface area contributed by atoms with Gasteiger partial charge in [0.2, 0.25) is 0 Å². The van der Waals surface area contributed by atoms with Crippen LogP contribution in [0.15, 0.2) is 0 Å². The van der Waals surface area contributed by atoms with E-state index in [9.17, 15) is 4.79 Å². The van der Waals surface area contributed by atoms with Gasteiger partial charge in [0.05, 0.1) is 5.92 Å². The molecule has 0 amide bonds. The summed E-state index contributed by atoms with van der Waals surface area (Å²) < 4.78 is 0. The van der Waals surface area contributed by atoms with Crippen LogP contribution in [0.1, 0.15) is 91.9 Å². The second kappa shape index (κ2) is 14.4. The first kappa shape index (κ1) is 20.4. The zero-order valence-corrected chi connectivity index (χ0v) is 14.8. The monoisotopic (exact) mass is 299 g/mol. The fraction of sp³-hybridized carbons (Fsp3) is 0.944. The summed E-state index contributed by atoms with van der Waals surface area (Å²) in [5.74, 6) is 0.0369. The van der Waals surface area contributed by atoms with Gasteiger partial charge in [0.15, 0.2) is 0 Å². The van der Waals surface area contributed by atoms with Crippen molar-refractivity contribution >= 4 is 5.97 Å². The van der Waals surface area contributed by atoms with Gasteiger partial charge in [0.1, 0.15) is 0 Å². The maximum atomic E-state index is 12.1. The molecular formula is C18H37NO2. The molecule has 126 valence electrons. The molecule has 0 heterocycles. The molecule has 0 aromatic rings.